The monoisotopic (exact) mass is 525 g/mol. The van der Waals surface area contributed by atoms with Crippen LogP contribution in [0.3, 0.4) is 0 Å². The fourth-order valence-corrected chi connectivity index (χ4v) is 4.14. The highest BCUT2D eigenvalue weighted by Crippen LogP contribution is 2.24. The third kappa shape index (κ3) is 7.17. The van der Waals surface area contributed by atoms with Crippen molar-refractivity contribution in [1.82, 2.24) is 15.5 Å². The Labute approximate surface area is 221 Å². The molecule has 0 fully saturated rings. The molecule has 2 aliphatic heterocycles. The molecule has 3 rings (SSSR count). The number of hydrogen-bond acceptors (Lipinski definition) is 8. The second-order valence-electron chi connectivity index (χ2n) is 9.47. The van der Waals surface area contributed by atoms with E-state index in [4.69, 9.17) is 5.73 Å². The van der Waals surface area contributed by atoms with Crippen LogP contribution in [0.4, 0.5) is 5.69 Å². The number of aliphatic imine (C=N–C) groups is 2. The molecule has 12 heteroatoms. The number of nitrogens with zero attached hydrogens (tertiary/aromatic N) is 3. The van der Waals surface area contributed by atoms with Crippen molar-refractivity contribution in [3.05, 3.63) is 41.6 Å². The maximum absolute atomic E-state index is 12.7. The molecule has 3 atom stereocenters. The van der Waals surface area contributed by atoms with Crippen molar-refractivity contribution in [3.8, 4) is 0 Å². The largest absolute Gasteiger partial charge is 0.480 e. The number of guanidine groups is 1. The molecule has 0 aliphatic carbocycles. The molecule has 6 N–H and O–H groups in total. The molecule has 2 heterocycles. The van der Waals surface area contributed by atoms with Crippen LogP contribution in [-0.2, 0) is 14.4 Å². The third-order valence-electron chi connectivity index (χ3n) is 6.63. The van der Waals surface area contributed by atoms with Crippen LogP contribution in [0.1, 0.15) is 49.9 Å². The second-order valence-corrected chi connectivity index (χ2v) is 9.47. The van der Waals surface area contributed by atoms with Crippen LogP contribution in [0.15, 0.2) is 46.0 Å². The summed E-state index contributed by atoms with van der Waals surface area (Å²) in [5.41, 5.74) is 7.32. The Kier molecular flexibility index (Phi) is 9.58. The van der Waals surface area contributed by atoms with Gasteiger partial charge in [0.1, 0.15) is 17.8 Å². The van der Waals surface area contributed by atoms with Gasteiger partial charge < -0.3 is 26.4 Å². The summed E-state index contributed by atoms with van der Waals surface area (Å²) in [7, 11) is 1.75. The van der Waals surface area contributed by atoms with Crippen molar-refractivity contribution in [3.63, 3.8) is 0 Å². The van der Waals surface area contributed by atoms with Gasteiger partial charge in [0.05, 0.1) is 0 Å². The van der Waals surface area contributed by atoms with E-state index >= 15 is 0 Å². The van der Waals surface area contributed by atoms with Crippen LogP contribution in [0.5, 0.6) is 0 Å². The second kappa shape index (κ2) is 12.8. The first-order valence-electron chi connectivity index (χ1n) is 12.6. The van der Waals surface area contributed by atoms with Crippen LogP contribution >= 0.6 is 0 Å². The quantitative estimate of drug-likeness (QED) is 0.241. The minimum atomic E-state index is -1.11. The Morgan fingerprint density at radius 1 is 1.21 bits per heavy atom. The molecule has 2 unspecified atom stereocenters. The Balaban J connectivity index is 1.46. The molecule has 0 aromatic heterocycles. The van der Waals surface area contributed by atoms with Gasteiger partial charge in [-0.15, -0.1) is 0 Å². The van der Waals surface area contributed by atoms with E-state index in [1.807, 2.05) is 13.8 Å². The predicted octanol–water partition coefficient (Wildman–Crippen LogP) is 1.31. The topological polar surface area (TPSA) is 179 Å². The predicted molar refractivity (Wildman–Crippen MR) is 144 cm³/mol. The summed E-state index contributed by atoms with van der Waals surface area (Å²) in [5.74, 6) is -2.05. The standard InChI is InChI=1S/C26H35N7O5/c1-4-15(2)24(36)33(3)12-6-5-7-19(25(37)38)30-22(34)16-8-10-18(11-9-16)28-13-17-14-29-21-20(17)23(35)32-26(27)31-21/h8-11,14-15,19-20,28H,4-7,12-13H2,1-3H3,(H,30,34)(H,37,38)(H3,27,29,31,32,35)/t15?,19-,20?/m0/s1. The molecule has 12 nitrogen and oxygen atoms in total. The van der Waals surface area contributed by atoms with Gasteiger partial charge in [-0.3, -0.25) is 19.7 Å². The summed E-state index contributed by atoms with van der Waals surface area (Å²) in [6.07, 6.45) is 3.81. The van der Waals surface area contributed by atoms with E-state index in [1.165, 1.54) is 0 Å². The number of fused-ring (bicyclic) bond motifs is 1. The highest BCUT2D eigenvalue weighted by Gasteiger charge is 2.35. The van der Waals surface area contributed by atoms with Gasteiger partial charge in [-0.25, -0.2) is 9.79 Å². The Morgan fingerprint density at radius 2 is 1.92 bits per heavy atom. The van der Waals surface area contributed by atoms with E-state index < -0.39 is 23.8 Å². The molecule has 2 aliphatic rings. The fraction of sp³-hybridized carbons (Fsp3) is 0.462. The average Bonchev–Trinajstić information content (AvgIpc) is 3.31. The van der Waals surface area contributed by atoms with Crippen LogP contribution in [0, 0.1) is 11.8 Å². The maximum atomic E-state index is 12.7. The molecule has 1 aromatic carbocycles. The van der Waals surface area contributed by atoms with Gasteiger partial charge in [-0.1, -0.05) is 13.8 Å². The Bertz CT molecular complexity index is 1160. The molecule has 0 bridgehead atoms. The van der Waals surface area contributed by atoms with Gasteiger partial charge in [0.15, 0.2) is 0 Å². The number of hydrogen-bond donors (Lipinski definition) is 5. The van der Waals surface area contributed by atoms with Gasteiger partial charge in [-0.05, 0) is 55.5 Å². The van der Waals surface area contributed by atoms with Crippen molar-refractivity contribution in [2.45, 2.75) is 45.6 Å². The van der Waals surface area contributed by atoms with Crippen molar-refractivity contribution in [1.29, 1.82) is 0 Å². The van der Waals surface area contributed by atoms with E-state index in [9.17, 15) is 24.3 Å². The Morgan fingerprint density at radius 3 is 2.58 bits per heavy atom. The normalized spacial score (nSPS) is 17.7. The number of nitrogens with two attached hydrogens (primary N) is 1. The van der Waals surface area contributed by atoms with E-state index in [-0.39, 0.29) is 30.1 Å². The van der Waals surface area contributed by atoms with Crippen LogP contribution in [0.25, 0.3) is 0 Å². The van der Waals surface area contributed by atoms with Crippen LogP contribution < -0.4 is 21.7 Å². The van der Waals surface area contributed by atoms with E-state index in [0.717, 1.165) is 12.0 Å². The first kappa shape index (κ1) is 28.4. The van der Waals surface area contributed by atoms with Gasteiger partial charge in [-0.2, -0.15) is 4.99 Å². The van der Waals surface area contributed by atoms with Gasteiger partial charge in [0.2, 0.25) is 17.8 Å². The van der Waals surface area contributed by atoms with E-state index in [2.05, 4.69) is 25.9 Å². The molecule has 1 aromatic rings. The molecule has 3 amide bonds. The van der Waals surface area contributed by atoms with Crippen LogP contribution in [-0.4, -0.2) is 71.7 Å². The lowest BCUT2D eigenvalue weighted by atomic mass is 9.98. The fourth-order valence-electron chi connectivity index (χ4n) is 4.14. The van der Waals surface area contributed by atoms with Gasteiger partial charge in [0, 0.05) is 43.5 Å². The van der Waals surface area contributed by atoms with Crippen molar-refractivity contribution < 1.29 is 24.3 Å². The van der Waals surface area contributed by atoms with Crippen molar-refractivity contribution >= 4 is 41.2 Å². The lowest BCUT2D eigenvalue weighted by Crippen LogP contribution is -2.47. The number of anilines is 1. The molecule has 38 heavy (non-hydrogen) atoms. The lowest BCUT2D eigenvalue weighted by Gasteiger charge is -2.21. The summed E-state index contributed by atoms with van der Waals surface area (Å²) in [6, 6.07) is 5.55. The smallest absolute Gasteiger partial charge is 0.326 e. The summed E-state index contributed by atoms with van der Waals surface area (Å²) >= 11 is 0. The molecule has 0 radical (unpaired) electrons. The summed E-state index contributed by atoms with van der Waals surface area (Å²) < 4.78 is 0. The number of carboxylic acid groups (broad SMARTS) is 1. The zero-order chi connectivity index (χ0) is 27.8. The number of rotatable bonds is 13. The minimum absolute atomic E-state index is 0.0211. The lowest BCUT2D eigenvalue weighted by molar-refractivity contribution is -0.139. The zero-order valence-electron chi connectivity index (χ0n) is 21.9. The van der Waals surface area contributed by atoms with E-state index in [0.29, 0.717) is 43.0 Å². The molecule has 0 saturated heterocycles. The average molecular weight is 526 g/mol. The number of benzene rings is 1. The third-order valence-corrected chi connectivity index (χ3v) is 6.63. The summed E-state index contributed by atoms with van der Waals surface area (Å²) in [4.78, 5) is 58.6. The minimum Gasteiger partial charge on any atom is -0.480 e. The van der Waals surface area contributed by atoms with Gasteiger partial charge >= 0.3 is 5.97 Å². The number of carbonyl (C=O) groups excluding carboxylic acids is 3. The highest BCUT2D eigenvalue weighted by molar-refractivity contribution is 6.19. The zero-order valence-corrected chi connectivity index (χ0v) is 21.9. The van der Waals surface area contributed by atoms with Crippen LogP contribution in [0.2, 0.25) is 0 Å². The number of amides is 3. The molecular weight excluding hydrogens is 490 g/mol. The maximum Gasteiger partial charge on any atom is 0.326 e. The number of nitrogens with one attached hydrogen (secondary N) is 3. The molecular formula is C26H35N7O5. The van der Waals surface area contributed by atoms with E-state index in [1.54, 1.807) is 42.4 Å². The Hall–Kier alpha value is -4.22. The SMILES string of the molecule is CCC(C)C(=O)N(C)CCCC[C@H](NC(=O)c1ccc(NCC2=CN=C3N=C(N)NC(=O)C23)cc1)C(=O)O. The molecule has 0 spiro atoms. The molecule has 0 saturated carbocycles. The number of carbonyl (C=O) groups is 4. The number of aliphatic carboxylic acids is 1. The van der Waals surface area contributed by atoms with Gasteiger partial charge in [0.25, 0.3) is 5.91 Å². The molecule has 204 valence electrons. The number of carboxylic acids is 1. The van der Waals surface area contributed by atoms with Crippen molar-refractivity contribution in [2.24, 2.45) is 27.6 Å². The van der Waals surface area contributed by atoms with Crippen molar-refractivity contribution in [2.75, 3.05) is 25.5 Å². The first-order valence-corrected chi connectivity index (χ1v) is 12.6. The summed E-state index contributed by atoms with van der Waals surface area (Å²) in [5, 5.41) is 17.8. The highest BCUT2D eigenvalue weighted by atomic mass is 16.4. The summed E-state index contributed by atoms with van der Waals surface area (Å²) in [6.45, 7) is 4.72. The number of amidine groups is 1. The first-order chi connectivity index (χ1) is 18.1. The number of unbranched alkanes of at least 4 members (excludes halogenated alkanes) is 1.